The van der Waals surface area contributed by atoms with Gasteiger partial charge < -0.3 is 15.8 Å². The maximum atomic E-state index is 6.13. The molecule has 3 N–H and O–H groups in total. The first-order valence-corrected chi connectivity index (χ1v) is 7.29. The Morgan fingerprint density at radius 3 is 2.70 bits per heavy atom. The molecule has 0 amide bonds. The maximum Gasteiger partial charge on any atom is 0.133 e. The van der Waals surface area contributed by atoms with Gasteiger partial charge in [-0.25, -0.2) is 0 Å². The van der Waals surface area contributed by atoms with Gasteiger partial charge in [0.15, 0.2) is 0 Å². The molecule has 2 aromatic rings. The first-order chi connectivity index (χ1) is 9.52. The average molecular weight is 372 g/mol. The number of anilines is 2. The van der Waals surface area contributed by atoms with E-state index in [1.54, 1.807) is 13.2 Å². The summed E-state index contributed by atoms with van der Waals surface area (Å²) in [6.07, 6.45) is 0. The van der Waals surface area contributed by atoms with Crippen LogP contribution in [0.2, 0.25) is 5.02 Å². The molecule has 0 saturated heterocycles. The molecule has 104 valence electrons. The van der Waals surface area contributed by atoms with Crippen LogP contribution in [0.25, 0.3) is 0 Å². The Labute approximate surface area is 136 Å². The molecule has 0 spiro atoms. The summed E-state index contributed by atoms with van der Waals surface area (Å²) in [7, 11) is 1.62. The number of rotatable bonds is 4. The van der Waals surface area contributed by atoms with Gasteiger partial charge in [0.1, 0.15) is 10.7 Å². The van der Waals surface area contributed by atoms with E-state index in [1.165, 1.54) is 0 Å². The highest BCUT2D eigenvalue weighted by molar-refractivity contribution is 9.10. The third kappa shape index (κ3) is 3.23. The highest BCUT2D eigenvalue weighted by Crippen LogP contribution is 2.31. The minimum atomic E-state index is 0.255. The molecule has 0 unspecified atom stereocenters. The van der Waals surface area contributed by atoms with Gasteiger partial charge in [-0.1, -0.05) is 29.9 Å². The summed E-state index contributed by atoms with van der Waals surface area (Å²) in [5, 5.41) is 3.77. The number of hydrogen-bond donors (Lipinski definition) is 2. The number of benzene rings is 2. The molecule has 2 aromatic carbocycles. The molecule has 3 nitrogen and oxygen atoms in total. The highest BCUT2D eigenvalue weighted by Gasteiger charge is 2.10. The molecule has 0 saturated carbocycles. The predicted molar refractivity (Wildman–Crippen MR) is 91.3 cm³/mol. The van der Waals surface area contributed by atoms with E-state index in [1.807, 2.05) is 30.3 Å². The van der Waals surface area contributed by atoms with E-state index in [9.17, 15) is 0 Å². The molecule has 0 aliphatic rings. The largest absolute Gasteiger partial charge is 0.496 e. The van der Waals surface area contributed by atoms with Crippen LogP contribution in [-0.2, 0) is 0 Å². The quantitative estimate of drug-likeness (QED) is 0.777. The summed E-state index contributed by atoms with van der Waals surface area (Å²) in [4.78, 5) is 0.255. The van der Waals surface area contributed by atoms with E-state index < -0.39 is 0 Å². The Morgan fingerprint density at radius 1 is 1.35 bits per heavy atom. The predicted octanol–water partition coefficient (Wildman–Crippen LogP) is 4.49. The van der Waals surface area contributed by atoms with Crippen molar-refractivity contribution >= 4 is 56.1 Å². The molecule has 6 heteroatoms. The molecule has 2 rings (SSSR count). The molecular weight excluding hydrogens is 360 g/mol. The van der Waals surface area contributed by atoms with Crippen LogP contribution < -0.4 is 15.8 Å². The Kier molecular flexibility index (Phi) is 4.86. The van der Waals surface area contributed by atoms with Crippen LogP contribution in [0.3, 0.4) is 0 Å². The van der Waals surface area contributed by atoms with Gasteiger partial charge in [0.05, 0.1) is 27.9 Å². The van der Waals surface area contributed by atoms with E-state index in [4.69, 9.17) is 34.3 Å². The van der Waals surface area contributed by atoms with Crippen LogP contribution in [-0.4, -0.2) is 12.1 Å². The van der Waals surface area contributed by atoms with E-state index in [2.05, 4.69) is 21.2 Å². The van der Waals surface area contributed by atoms with E-state index in [0.717, 1.165) is 21.6 Å². The minimum absolute atomic E-state index is 0.255. The first kappa shape index (κ1) is 15.1. The SMILES string of the molecule is COc1ccc(Nc2cccc(Cl)c2C(N)=S)cc1Br. The monoisotopic (exact) mass is 370 g/mol. The van der Waals surface area contributed by atoms with Crippen molar-refractivity contribution in [3.63, 3.8) is 0 Å². The van der Waals surface area contributed by atoms with E-state index >= 15 is 0 Å². The van der Waals surface area contributed by atoms with Crippen LogP contribution in [0.5, 0.6) is 5.75 Å². The Bertz CT molecular complexity index is 664. The van der Waals surface area contributed by atoms with Gasteiger partial charge in [0.25, 0.3) is 0 Å². The number of ether oxygens (including phenoxy) is 1. The van der Waals surface area contributed by atoms with Crippen LogP contribution in [0.15, 0.2) is 40.9 Å². The van der Waals surface area contributed by atoms with Gasteiger partial charge in [0.2, 0.25) is 0 Å². The second-order valence-electron chi connectivity index (χ2n) is 4.00. The summed E-state index contributed by atoms with van der Waals surface area (Å²) in [6.45, 7) is 0. The molecule has 0 heterocycles. The van der Waals surface area contributed by atoms with Gasteiger partial charge in [-0.05, 0) is 46.3 Å². The van der Waals surface area contributed by atoms with Crippen LogP contribution >= 0.6 is 39.7 Å². The van der Waals surface area contributed by atoms with Gasteiger partial charge >= 0.3 is 0 Å². The molecular formula is C14H12BrClN2OS. The number of nitrogens with one attached hydrogen (secondary N) is 1. The molecule has 0 fully saturated rings. The summed E-state index contributed by atoms with van der Waals surface area (Å²) in [5.74, 6) is 0.760. The maximum absolute atomic E-state index is 6.13. The number of nitrogens with two attached hydrogens (primary N) is 1. The normalized spacial score (nSPS) is 10.2. The van der Waals surface area contributed by atoms with Crippen molar-refractivity contribution in [1.82, 2.24) is 0 Å². The number of hydrogen-bond acceptors (Lipinski definition) is 3. The molecule has 20 heavy (non-hydrogen) atoms. The number of methoxy groups -OCH3 is 1. The molecule has 0 bridgehead atoms. The van der Waals surface area contributed by atoms with E-state index in [-0.39, 0.29) is 4.99 Å². The number of thiocarbonyl (C=S) groups is 1. The van der Waals surface area contributed by atoms with Crippen molar-refractivity contribution in [2.45, 2.75) is 0 Å². The van der Waals surface area contributed by atoms with Crippen molar-refractivity contribution in [3.8, 4) is 5.75 Å². The lowest BCUT2D eigenvalue weighted by Gasteiger charge is -2.13. The van der Waals surface area contributed by atoms with Gasteiger partial charge in [-0.3, -0.25) is 0 Å². The zero-order valence-electron chi connectivity index (χ0n) is 10.6. The summed E-state index contributed by atoms with van der Waals surface area (Å²) < 4.78 is 6.05. The fourth-order valence-corrected chi connectivity index (χ4v) is 2.87. The van der Waals surface area contributed by atoms with Crippen molar-refractivity contribution in [3.05, 3.63) is 51.5 Å². The lowest BCUT2D eigenvalue weighted by atomic mass is 10.1. The molecule has 0 aromatic heterocycles. The van der Waals surface area contributed by atoms with Crippen molar-refractivity contribution < 1.29 is 4.74 Å². The number of halogens is 2. The molecule has 0 aliphatic carbocycles. The topological polar surface area (TPSA) is 47.3 Å². The third-order valence-corrected chi connectivity index (χ3v) is 3.83. The summed E-state index contributed by atoms with van der Waals surface area (Å²) in [6, 6.07) is 11.1. The standard InChI is InChI=1S/C14H12BrClN2OS/c1-19-12-6-5-8(7-9(12)15)18-11-4-2-3-10(16)13(11)14(17)20/h2-7,18H,1H3,(H2,17,20). The lowest BCUT2D eigenvalue weighted by Crippen LogP contribution is -2.12. The van der Waals surface area contributed by atoms with Gasteiger partial charge in [-0.15, -0.1) is 0 Å². The fraction of sp³-hybridized carbons (Fsp3) is 0.0714. The Morgan fingerprint density at radius 2 is 2.10 bits per heavy atom. The van der Waals surface area contributed by atoms with Crippen molar-refractivity contribution in [2.24, 2.45) is 5.73 Å². The fourth-order valence-electron chi connectivity index (χ4n) is 1.78. The van der Waals surface area contributed by atoms with E-state index in [0.29, 0.717) is 10.6 Å². The summed E-state index contributed by atoms with van der Waals surface area (Å²) >= 11 is 14.6. The second kappa shape index (κ2) is 6.43. The minimum Gasteiger partial charge on any atom is -0.496 e. The van der Waals surface area contributed by atoms with Crippen molar-refractivity contribution in [2.75, 3.05) is 12.4 Å². The molecule has 0 aliphatic heterocycles. The zero-order chi connectivity index (χ0) is 14.7. The van der Waals surface area contributed by atoms with Crippen molar-refractivity contribution in [1.29, 1.82) is 0 Å². The molecule has 0 radical (unpaired) electrons. The first-order valence-electron chi connectivity index (χ1n) is 5.72. The molecule has 0 atom stereocenters. The second-order valence-corrected chi connectivity index (χ2v) is 5.70. The smallest absolute Gasteiger partial charge is 0.133 e. The van der Waals surface area contributed by atoms with Gasteiger partial charge in [-0.2, -0.15) is 0 Å². The zero-order valence-corrected chi connectivity index (χ0v) is 13.8. The highest BCUT2D eigenvalue weighted by atomic mass is 79.9. The Hall–Kier alpha value is -1.30. The van der Waals surface area contributed by atoms with Crippen LogP contribution in [0.1, 0.15) is 5.56 Å². The Balaban J connectivity index is 2.38. The third-order valence-electron chi connectivity index (χ3n) is 2.69. The van der Waals surface area contributed by atoms with Crippen LogP contribution in [0, 0.1) is 0 Å². The van der Waals surface area contributed by atoms with Crippen LogP contribution in [0.4, 0.5) is 11.4 Å². The van der Waals surface area contributed by atoms with Gasteiger partial charge in [0, 0.05) is 5.69 Å². The average Bonchev–Trinajstić information content (AvgIpc) is 2.38. The summed E-state index contributed by atoms with van der Waals surface area (Å²) in [5.41, 5.74) is 8.00. The lowest BCUT2D eigenvalue weighted by molar-refractivity contribution is 0.412.